The van der Waals surface area contributed by atoms with E-state index in [-0.39, 0.29) is 30.7 Å². The predicted molar refractivity (Wildman–Crippen MR) is 114 cm³/mol. The minimum absolute atomic E-state index is 0.0666. The molecule has 0 atom stereocenters. The third kappa shape index (κ3) is 3.67. The van der Waals surface area contributed by atoms with Gasteiger partial charge in [-0.3, -0.25) is 14.2 Å². The Morgan fingerprint density at radius 1 is 1.20 bits per heavy atom. The number of nitrogens with zero attached hydrogens (tertiary/aromatic N) is 3. The first-order valence-electron chi connectivity index (χ1n) is 10.3. The standard InChI is InChI=1S/C22H23N3O4S/c26-20(7-9-24-13-23-21-17(22(24)27)8-10-30-21)25(16-3-1-2-4-16)12-15-5-6-18-19(11-15)29-14-28-18/h5-6,8,10-11,13,16H,1-4,7,9,12,14H2. The van der Waals surface area contributed by atoms with Crippen LogP contribution < -0.4 is 15.0 Å². The van der Waals surface area contributed by atoms with Crippen molar-refractivity contribution in [3.8, 4) is 11.5 Å². The van der Waals surface area contributed by atoms with Crippen molar-refractivity contribution in [1.82, 2.24) is 14.5 Å². The van der Waals surface area contributed by atoms with Gasteiger partial charge in [-0.15, -0.1) is 11.3 Å². The van der Waals surface area contributed by atoms with Crippen molar-refractivity contribution in [3.05, 3.63) is 51.9 Å². The van der Waals surface area contributed by atoms with Crippen LogP contribution in [-0.2, 0) is 17.9 Å². The van der Waals surface area contributed by atoms with E-state index in [0.29, 0.717) is 18.5 Å². The first-order valence-corrected chi connectivity index (χ1v) is 11.2. The molecule has 0 unspecified atom stereocenters. The maximum Gasteiger partial charge on any atom is 0.262 e. The summed E-state index contributed by atoms with van der Waals surface area (Å²) < 4.78 is 12.4. The van der Waals surface area contributed by atoms with Gasteiger partial charge in [0.15, 0.2) is 11.5 Å². The first kappa shape index (κ1) is 19.1. The number of benzene rings is 1. The average Bonchev–Trinajstić information content (AvgIpc) is 3.52. The van der Waals surface area contributed by atoms with Crippen LogP contribution in [-0.4, -0.2) is 33.2 Å². The highest BCUT2D eigenvalue weighted by atomic mass is 32.1. The molecule has 0 radical (unpaired) electrons. The lowest BCUT2D eigenvalue weighted by Gasteiger charge is -2.29. The first-order chi connectivity index (χ1) is 14.7. The van der Waals surface area contributed by atoms with Crippen molar-refractivity contribution in [2.24, 2.45) is 0 Å². The minimum Gasteiger partial charge on any atom is -0.454 e. The van der Waals surface area contributed by atoms with Gasteiger partial charge in [0, 0.05) is 25.6 Å². The number of hydrogen-bond acceptors (Lipinski definition) is 6. The second kappa shape index (κ2) is 8.10. The number of hydrogen-bond donors (Lipinski definition) is 0. The van der Waals surface area contributed by atoms with E-state index in [4.69, 9.17) is 9.47 Å². The van der Waals surface area contributed by atoms with Crippen molar-refractivity contribution in [3.63, 3.8) is 0 Å². The van der Waals surface area contributed by atoms with Gasteiger partial charge in [0.1, 0.15) is 4.83 Å². The van der Waals surface area contributed by atoms with Gasteiger partial charge in [0.05, 0.1) is 11.7 Å². The van der Waals surface area contributed by atoms with Crippen LogP contribution in [0.15, 0.2) is 40.8 Å². The zero-order chi connectivity index (χ0) is 20.5. The molecule has 3 heterocycles. The molecule has 1 saturated carbocycles. The SMILES string of the molecule is O=C(CCn1cnc2sccc2c1=O)N(Cc1ccc2c(c1)OCO2)C1CCCC1. The van der Waals surface area contributed by atoms with Crippen LogP contribution >= 0.6 is 11.3 Å². The fourth-order valence-electron chi connectivity index (χ4n) is 4.29. The second-order valence-corrected chi connectivity index (χ2v) is 8.67. The van der Waals surface area contributed by atoms with Gasteiger partial charge in [0.25, 0.3) is 5.56 Å². The topological polar surface area (TPSA) is 73.7 Å². The number of carbonyl (C=O) groups is 1. The molecular formula is C22H23N3O4S. The molecule has 1 aromatic carbocycles. The van der Waals surface area contributed by atoms with Crippen LogP contribution in [0.3, 0.4) is 0 Å². The molecule has 1 aliphatic carbocycles. The molecule has 156 valence electrons. The summed E-state index contributed by atoms with van der Waals surface area (Å²) in [6.45, 7) is 1.11. The number of amides is 1. The highest BCUT2D eigenvalue weighted by Gasteiger charge is 2.27. The summed E-state index contributed by atoms with van der Waals surface area (Å²) in [7, 11) is 0. The molecule has 0 bridgehead atoms. The Labute approximate surface area is 177 Å². The number of thiophene rings is 1. The lowest BCUT2D eigenvalue weighted by Crippen LogP contribution is -2.39. The van der Waals surface area contributed by atoms with Gasteiger partial charge in [-0.25, -0.2) is 4.98 Å². The van der Waals surface area contributed by atoms with Gasteiger partial charge in [0.2, 0.25) is 12.7 Å². The maximum atomic E-state index is 13.2. The Kier molecular flexibility index (Phi) is 5.16. The Bertz CT molecular complexity index is 1130. The van der Waals surface area contributed by atoms with E-state index in [0.717, 1.165) is 47.6 Å². The van der Waals surface area contributed by atoms with Crippen molar-refractivity contribution < 1.29 is 14.3 Å². The van der Waals surface area contributed by atoms with E-state index in [1.54, 1.807) is 17.0 Å². The highest BCUT2D eigenvalue weighted by Crippen LogP contribution is 2.34. The van der Waals surface area contributed by atoms with Crippen molar-refractivity contribution in [1.29, 1.82) is 0 Å². The smallest absolute Gasteiger partial charge is 0.262 e. The van der Waals surface area contributed by atoms with E-state index in [9.17, 15) is 9.59 Å². The molecule has 1 aliphatic heterocycles. The van der Waals surface area contributed by atoms with Gasteiger partial charge in [-0.1, -0.05) is 18.9 Å². The number of ether oxygens (including phenoxy) is 2. The van der Waals surface area contributed by atoms with Crippen LogP contribution in [0.2, 0.25) is 0 Å². The summed E-state index contributed by atoms with van der Waals surface area (Å²) >= 11 is 1.45. The quantitative estimate of drug-likeness (QED) is 0.604. The predicted octanol–water partition coefficient (Wildman–Crippen LogP) is 3.55. The molecule has 0 spiro atoms. The van der Waals surface area contributed by atoms with E-state index in [1.807, 2.05) is 28.5 Å². The number of carbonyl (C=O) groups excluding carboxylic acids is 1. The summed E-state index contributed by atoms with van der Waals surface area (Å²) in [6.07, 6.45) is 6.17. The lowest BCUT2D eigenvalue weighted by molar-refractivity contribution is -0.134. The summed E-state index contributed by atoms with van der Waals surface area (Å²) in [5.74, 6) is 1.54. The molecular weight excluding hydrogens is 402 g/mol. The summed E-state index contributed by atoms with van der Waals surface area (Å²) in [4.78, 5) is 32.9. The van der Waals surface area contributed by atoms with Crippen molar-refractivity contribution in [2.45, 2.75) is 51.2 Å². The van der Waals surface area contributed by atoms with E-state index in [2.05, 4.69) is 4.98 Å². The highest BCUT2D eigenvalue weighted by molar-refractivity contribution is 7.16. The molecule has 3 aromatic rings. The monoisotopic (exact) mass is 425 g/mol. The summed E-state index contributed by atoms with van der Waals surface area (Å²) in [5, 5.41) is 2.48. The van der Waals surface area contributed by atoms with Crippen LogP contribution in [0.1, 0.15) is 37.7 Å². The van der Waals surface area contributed by atoms with E-state index in [1.165, 1.54) is 11.3 Å². The normalized spacial score (nSPS) is 15.7. The van der Waals surface area contributed by atoms with Gasteiger partial charge < -0.3 is 14.4 Å². The molecule has 30 heavy (non-hydrogen) atoms. The van der Waals surface area contributed by atoms with E-state index < -0.39 is 0 Å². The number of rotatable bonds is 6. The Hall–Kier alpha value is -2.87. The summed E-state index contributed by atoms with van der Waals surface area (Å²) in [6, 6.07) is 7.88. The number of aryl methyl sites for hydroxylation is 1. The number of fused-ring (bicyclic) bond motifs is 2. The Morgan fingerprint density at radius 3 is 2.90 bits per heavy atom. The van der Waals surface area contributed by atoms with Gasteiger partial charge in [-0.2, -0.15) is 0 Å². The molecule has 0 saturated heterocycles. The van der Waals surface area contributed by atoms with Crippen LogP contribution in [0.4, 0.5) is 0 Å². The fourth-order valence-corrected chi connectivity index (χ4v) is 5.01. The zero-order valence-corrected chi connectivity index (χ0v) is 17.4. The molecule has 1 amide bonds. The van der Waals surface area contributed by atoms with Gasteiger partial charge >= 0.3 is 0 Å². The van der Waals surface area contributed by atoms with Crippen LogP contribution in [0, 0.1) is 0 Å². The third-order valence-corrected chi connectivity index (χ3v) is 6.71. The summed E-state index contributed by atoms with van der Waals surface area (Å²) in [5.41, 5.74) is 0.940. The number of aromatic nitrogens is 2. The van der Waals surface area contributed by atoms with E-state index >= 15 is 0 Å². The van der Waals surface area contributed by atoms with Gasteiger partial charge in [-0.05, 0) is 42.0 Å². The Balaban J connectivity index is 1.32. The largest absolute Gasteiger partial charge is 0.454 e. The van der Waals surface area contributed by atoms with Crippen LogP contribution in [0.25, 0.3) is 10.2 Å². The van der Waals surface area contributed by atoms with Crippen molar-refractivity contribution in [2.75, 3.05) is 6.79 Å². The minimum atomic E-state index is -0.0859. The Morgan fingerprint density at radius 2 is 2.03 bits per heavy atom. The molecule has 5 rings (SSSR count). The lowest BCUT2D eigenvalue weighted by atomic mass is 10.1. The third-order valence-electron chi connectivity index (χ3n) is 5.89. The molecule has 7 nitrogen and oxygen atoms in total. The molecule has 0 N–H and O–H groups in total. The molecule has 1 fully saturated rings. The van der Waals surface area contributed by atoms with Crippen molar-refractivity contribution >= 4 is 27.5 Å². The molecule has 2 aromatic heterocycles. The van der Waals surface area contributed by atoms with Crippen LogP contribution in [0.5, 0.6) is 11.5 Å². The fraction of sp³-hybridized carbons (Fsp3) is 0.409. The average molecular weight is 426 g/mol. The maximum absolute atomic E-state index is 13.2. The molecule has 2 aliphatic rings. The zero-order valence-electron chi connectivity index (χ0n) is 16.6. The second-order valence-electron chi connectivity index (χ2n) is 7.78. The molecule has 8 heteroatoms.